The third kappa shape index (κ3) is 6.27. The zero-order valence-electron chi connectivity index (χ0n) is 17.4. The Kier molecular flexibility index (Phi) is 8.59. The Balaban J connectivity index is 2.42. The molecule has 2 rings (SSSR count). The van der Waals surface area contributed by atoms with E-state index in [1.165, 1.54) is 42.3 Å². The Morgan fingerprint density at radius 1 is 1.39 bits per heavy atom. The first-order chi connectivity index (χ1) is 14.6. The molecule has 1 amide bonds. The number of benzene rings is 1. The van der Waals surface area contributed by atoms with Crippen molar-refractivity contribution < 1.29 is 22.9 Å². The number of non-ortho nitro benzene ring substituents is 1. The molecule has 0 fully saturated rings. The molecule has 0 radical (unpaired) electrons. The van der Waals surface area contributed by atoms with Gasteiger partial charge in [-0.1, -0.05) is 36.9 Å². The summed E-state index contributed by atoms with van der Waals surface area (Å²) in [6, 6.07) is 2.36. The predicted octanol–water partition coefficient (Wildman–Crippen LogP) is 3.14. The summed E-state index contributed by atoms with van der Waals surface area (Å²) in [7, 11) is -2.71. The van der Waals surface area contributed by atoms with Gasteiger partial charge in [-0.3, -0.25) is 24.5 Å². The number of nitro groups is 1. The minimum atomic E-state index is -4.02. The van der Waals surface area contributed by atoms with E-state index in [4.69, 9.17) is 4.74 Å². The van der Waals surface area contributed by atoms with Crippen LogP contribution in [0.4, 0.5) is 16.5 Å². The molecule has 0 saturated carbocycles. The second kappa shape index (κ2) is 10.7. The van der Waals surface area contributed by atoms with Gasteiger partial charge in [-0.2, -0.15) is 0 Å². The number of carbonyl (C=O) groups excluding carboxylic acids is 1. The summed E-state index contributed by atoms with van der Waals surface area (Å²) in [6.07, 6.45) is 1.98. The van der Waals surface area contributed by atoms with Crippen molar-refractivity contribution in [2.75, 3.05) is 28.7 Å². The Hall–Kier alpha value is -2.45. The number of nitro benzene ring substituents is 1. The van der Waals surface area contributed by atoms with Crippen LogP contribution in [0.15, 0.2) is 22.5 Å². The van der Waals surface area contributed by atoms with Crippen molar-refractivity contribution in [1.29, 1.82) is 0 Å². The maximum absolute atomic E-state index is 13.0. The zero-order valence-corrected chi connectivity index (χ0v) is 19.8. The van der Waals surface area contributed by atoms with E-state index in [1.807, 2.05) is 6.92 Å². The summed E-state index contributed by atoms with van der Waals surface area (Å²) in [6.45, 7) is 3.67. The van der Waals surface area contributed by atoms with E-state index in [2.05, 4.69) is 15.5 Å². The average molecular weight is 490 g/mol. The lowest BCUT2D eigenvalue weighted by molar-refractivity contribution is -0.384. The normalized spacial score (nSPS) is 12.3. The molecule has 1 heterocycles. The second-order valence-electron chi connectivity index (χ2n) is 6.31. The SMILES string of the molecule is CCCSc1nnc(NC(=O)[C@@H](CC)N(c2cc([N+](=O)[O-])ccc2OC)S(C)(=O)=O)s1. The standard InChI is InChI=1S/C17H23N5O6S3/c1-5-9-29-17-20-19-16(30-17)18-15(23)12(6-2)21(31(4,26)27)13-10-11(22(24)25)7-8-14(13)28-3/h7-8,10,12H,5-6,9H2,1-4H3,(H,18,19,23)/t12-/m1/s1. The monoisotopic (exact) mass is 489 g/mol. The molecule has 14 heteroatoms. The molecule has 1 aromatic heterocycles. The predicted molar refractivity (Wildman–Crippen MR) is 121 cm³/mol. The molecule has 170 valence electrons. The highest BCUT2D eigenvalue weighted by molar-refractivity contribution is 8.01. The first-order valence-corrected chi connectivity index (χ1v) is 12.9. The lowest BCUT2D eigenvalue weighted by atomic mass is 10.1. The molecule has 1 aromatic carbocycles. The van der Waals surface area contributed by atoms with E-state index < -0.39 is 26.9 Å². The lowest BCUT2D eigenvalue weighted by Crippen LogP contribution is -2.47. The summed E-state index contributed by atoms with van der Waals surface area (Å²) < 4.78 is 32.0. The van der Waals surface area contributed by atoms with Gasteiger partial charge in [-0.15, -0.1) is 10.2 Å². The molecule has 31 heavy (non-hydrogen) atoms. The number of anilines is 2. The Morgan fingerprint density at radius 3 is 2.65 bits per heavy atom. The first kappa shape index (κ1) is 24.8. The van der Waals surface area contributed by atoms with Crippen molar-refractivity contribution in [3.8, 4) is 5.75 Å². The number of methoxy groups -OCH3 is 1. The summed E-state index contributed by atoms with van der Waals surface area (Å²) in [5.74, 6) is 0.301. The largest absolute Gasteiger partial charge is 0.495 e. The van der Waals surface area contributed by atoms with Gasteiger partial charge in [0.1, 0.15) is 17.5 Å². The summed E-state index contributed by atoms with van der Waals surface area (Å²) in [4.78, 5) is 23.6. The quantitative estimate of drug-likeness (QED) is 0.218. The van der Waals surface area contributed by atoms with Gasteiger partial charge < -0.3 is 4.74 Å². The molecule has 11 nitrogen and oxygen atoms in total. The van der Waals surface area contributed by atoms with Crippen molar-refractivity contribution >= 4 is 55.5 Å². The Bertz CT molecular complexity index is 1040. The number of thioether (sulfide) groups is 1. The highest BCUT2D eigenvalue weighted by atomic mass is 32.2. The fourth-order valence-electron chi connectivity index (χ4n) is 2.70. The highest BCUT2D eigenvalue weighted by Crippen LogP contribution is 2.36. The minimum Gasteiger partial charge on any atom is -0.495 e. The Labute approximate surface area is 188 Å². The van der Waals surface area contributed by atoms with Gasteiger partial charge in [-0.05, 0) is 18.9 Å². The van der Waals surface area contributed by atoms with E-state index in [0.29, 0.717) is 4.34 Å². The van der Waals surface area contributed by atoms with Crippen LogP contribution in [0.25, 0.3) is 0 Å². The van der Waals surface area contributed by atoms with Gasteiger partial charge >= 0.3 is 0 Å². The fourth-order valence-corrected chi connectivity index (χ4v) is 5.58. The van der Waals surface area contributed by atoms with Crippen molar-refractivity contribution in [3.05, 3.63) is 28.3 Å². The molecule has 0 bridgehead atoms. The Morgan fingerprint density at radius 2 is 2.10 bits per heavy atom. The van der Waals surface area contributed by atoms with Crippen LogP contribution in [0.1, 0.15) is 26.7 Å². The number of nitrogens with one attached hydrogen (secondary N) is 1. The maximum Gasteiger partial charge on any atom is 0.271 e. The van der Waals surface area contributed by atoms with Crippen molar-refractivity contribution in [3.63, 3.8) is 0 Å². The average Bonchev–Trinajstić information content (AvgIpc) is 3.15. The van der Waals surface area contributed by atoms with E-state index in [9.17, 15) is 23.3 Å². The smallest absolute Gasteiger partial charge is 0.271 e. The van der Waals surface area contributed by atoms with Crippen LogP contribution in [0.3, 0.4) is 0 Å². The van der Waals surface area contributed by atoms with Gasteiger partial charge in [0.2, 0.25) is 21.1 Å². The highest BCUT2D eigenvalue weighted by Gasteiger charge is 2.35. The molecule has 0 spiro atoms. The number of hydrogen-bond acceptors (Lipinski definition) is 10. The number of ether oxygens (including phenoxy) is 1. The summed E-state index contributed by atoms with van der Waals surface area (Å²) in [5, 5.41) is 22.0. The number of rotatable bonds is 11. The van der Waals surface area contributed by atoms with Crippen molar-refractivity contribution in [2.24, 2.45) is 0 Å². The second-order valence-corrected chi connectivity index (χ2v) is 10.5. The van der Waals surface area contributed by atoms with Crippen LogP contribution in [0, 0.1) is 10.1 Å². The summed E-state index contributed by atoms with van der Waals surface area (Å²) >= 11 is 2.69. The van der Waals surface area contributed by atoms with Gasteiger partial charge in [0.25, 0.3) is 5.69 Å². The molecule has 1 N–H and O–H groups in total. The van der Waals surface area contributed by atoms with E-state index in [-0.39, 0.29) is 28.7 Å². The zero-order chi connectivity index (χ0) is 23.2. The molecule has 0 aliphatic carbocycles. The molecule has 0 aliphatic rings. The molecule has 0 saturated heterocycles. The molecule has 0 unspecified atom stereocenters. The van der Waals surface area contributed by atoms with Gasteiger partial charge in [-0.25, -0.2) is 8.42 Å². The lowest BCUT2D eigenvalue weighted by Gasteiger charge is -2.30. The molecule has 1 atom stereocenters. The van der Waals surface area contributed by atoms with Crippen LogP contribution in [0.2, 0.25) is 0 Å². The van der Waals surface area contributed by atoms with Gasteiger partial charge in [0, 0.05) is 17.9 Å². The third-order valence-electron chi connectivity index (χ3n) is 4.01. The number of hydrogen-bond donors (Lipinski definition) is 1. The number of nitrogens with zero attached hydrogens (tertiary/aromatic N) is 4. The van der Waals surface area contributed by atoms with Crippen LogP contribution < -0.4 is 14.4 Å². The van der Waals surface area contributed by atoms with E-state index in [0.717, 1.165) is 28.8 Å². The van der Waals surface area contributed by atoms with Gasteiger partial charge in [0.15, 0.2) is 4.34 Å². The van der Waals surface area contributed by atoms with E-state index >= 15 is 0 Å². The van der Waals surface area contributed by atoms with Crippen LogP contribution in [-0.2, 0) is 14.8 Å². The fraction of sp³-hybridized carbons (Fsp3) is 0.471. The third-order valence-corrected chi connectivity index (χ3v) is 7.35. The van der Waals surface area contributed by atoms with Crippen LogP contribution >= 0.6 is 23.1 Å². The molecular formula is C17H23N5O6S3. The molecule has 2 aromatic rings. The number of amides is 1. The van der Waals surface area contributed by atoms with Gasteiger partial charge in [0.05, 0.1) is 18.3 Å². The maximum atomic E-state index is 13.0. The van der Waals surface area contributed by atoms with E-state index in [1.54, 1.807) is 6.92 Å². The van der Waals surface area contributed by atoms with Crippen molar-refractivity contribution in [2.45, 2.75) is 37.1 Å². The number of aromatic nitrogens is 2. The first-order valence-electron chi connectivity index (χ1n) is 9.21. The minimum absolute atomic E-state index is 0.0800. The van der Waals surface area contributed by atoms with Crippen LogP contribution in [-0.4, -0.2) is 54.6 Å². The topological polar surface area (TPSA) is 145 Å². The van der Waals surface area contributed by atoms with Crippen molar-refractivity contribution in [1.82, 2.24) is 10.2 Å². The molecular weight excluding hydrogens is 466 g/mol. The number of sulfonamides is 1. The number of carbonyl (C=O) groups is 1. The van der Waals surface area contributed by atoms with Crippen LogP contribution in [0.5, 0.6) is 5.75 Å². The summed E-state index contributed by atoms with van der Waals surface area (Å²) in [5.41, 5.74) is -0.431. The molecule has 0 aliphatic heterocycles.